The van der Waals surface area contributed by atoms with E-state index in [1.165, 1.54) is 16.5 Å². The molecule has 2 N–H and O–H groups in total. The summed E-state index contributed by atoms with van der Waals surface area (Å²) in [7, 11) is 3.58. The second kappa shape index (κ2) is 21.2. The summed E-state index contributed by atoms with van der Waals surface area (Å²) in [5, 5.41) is 10.6. The summed E-state index contributed by atoms with van der Waals surface area (Å²) < 4.78 is 79.1. The van der Waals surface area contributed by atoms with E-state index in [2.05, 4.69) is 83.8 Å². The van der Waals surface area contributed by atoms with Gasteiger partial charge in [-0.15, -0.1) is 8.86 Å². The number of nitrogens with one attached hydrogen (secondary N) is 2. The molecule has 0 radical (unpaired) electrons. The number of ether oxygens (including phenoxy) is 1. The van der Waals surface area contributed by atoms with Crippen molar-refractivity contribution in [2.75, 3.05) is 32.8 Å². The van der Waals surface area contributed by atoms with Crippen LogP contribution in [0, 0.1) is 11.3 Å². The Morgan fingerprint density at radius 2 is 1.50 bits per heavy atom. The van der Waals surface area contributed by atoms with Crippen molar-refractivity contribution in [1.29, 1.82) is 5.41 Å². The minimum absolute atomic E-state index is 0.0214. The van der Waals surface area contributed by atoms with E-state index in [1.54, 1.807) is 0 Å². The van der Waals surface area contributed by atoms with Gasteiger partial charge in [-0.05, 0) is 86.6 Å². The standard InChI is InChI=1S/C20H30N3P.C10H6F6O.C6H14O/c1-4-10-23(14-18(21)20(24)5-2)13-15(3)11-16-12-22-19-9-7-6-8-17(16)19;1-5(17)6-2-7(9(11,12)13)4-8(3-6)10(14,15)16;1-3-5-7-6-4-2/h6-9,12,15,21-22,24H,4-5,10-11,13-14H2,1-3H3;2-4H,1H3;3-6H2,1-2H3. The monoisotopic (exact) mass is 701 g/mol. The lowest BCUT2D eigenvalue weighted by molar-refractivity contribution is -0.143. The van der Waals surface area contributed by atoms with E-state index in [-0.39, 0.29) is 6.07 Å². The van der Waals surface area contributed by atoms with Gasteiger partial charge in [0.2, 0.25) is 0 Å². The number of carbonyl (C=O) groups is 1. The Bertz CT molecular complexity index is 1400. The first-order chi connectivity index (χ1) is 22.5. The van der Waals surface area contributed by atoms with Crippen molar-refractivity contribution in [2.45, 2.75) is 86.0 Å². The third-order valence-electron chi connectivity index (χ3n) is 7.14. The van der Waals surface area contributed by atoms with Crippen LogP contribution in [0.15, 0.2) is 48.7 Å². The van der Waals surface area contributed by atoms with Crippen LogP contribution in [0.2, 0.25) is 0 Å². The number of halogens is 6. The summed E-state index contributed by atoms with van der Waals surface area (Å²) >= 11 is 0. The fourth-order valence-electron chi connectivity index (χ4n) is 4.81. The van der Waals surface area contributed by atoms with E-state index < -0.39 is 34.8 Å². The van der Waals surface area contributed by atoms with Crippen LogP contribution in [0.5, 0.6) is 0 Å². The maximum Gasteiger partial charge on any atom is 0.416 e. The Morgan fingerprint density at radius 1 is 0.938 bits per heavy atom. The molecule has 5 nitrogen and oxygen atoms in total. The number of hydrogen-bond acceptors (Lipinski definition) is 4. The van der Waals surface area contributed by atoms with Crippen LogP contribution in [-0.4, -0.2) is 59.5 Å². The van der Waals surface area contributed by atoms with Gasteiger partial charge < -0.3 is 15.1 Å². The molecule has 0 aliphatic carbocycles. The van der Waals surface area contributed by atoms with E-state index in [1.807, 2.05) is 0 Å². The van der Waals surface area contributed by atoms with Gasteiger partial charge in [-0.2, -0.15) is 26.3 Å². The lowest BCUT2D eigenvalue weighted by Gasteiger charge is -2.26. The average Bonchev–Trinajstić information content (AvgIpc) is 3.43. The number of benzene rings is 2. The van der Waals surface area contributed by atoms with Crippen LogP contribution in [0.25, 0.3) is 10.9 Å². The first kappa shape index (κ1) is 43.0. The number of carbonyl (C=O) groups excluding carboxylic acids is 1. The number of Topliss-reactive ketones (excluding diaryl/α,β-unsaturated/α-hetero) is 1. The van der Waals surface area contributed by atoms with Gasteiger partial charge >= 0.3 is 12.4 Å². The summed E-state index contributed by atoms with van der Waals surface area (Å²) in [6.45, 7) is 16.4. The van der Waals surface area contributed by atoms with Crippen molar-refractivity contribution in [1.82, 2.24) is 9.88 Å². The van der Waals surface area contributed by atoms with E-state index in [0.29, 0.717) is 23.8 Å². The van der Waals surface area contributed by atoms with Gasteiger partial charge in [0.25, 0.3) is 0 Å². The van der Waals surface area contributed by atoms with Gasteiger partial charge in [-0.3, -0.25) is 9.69 Å². The molecule has 1 heterocycles. The minimum atomic E-state index is -4.93. The lowest BCUT2D eigenvalue weighted by atomic mass is 9.99. The molecule has 2 aromatic carbocycles. The van der Waals surface area contributed by atoms with Gasteiger partial charge in [-0.1, -0.05) is 52.8 Å². The third kappa shape index (κ3) is 15.5. The molecule has 0 aliphatic rings. The molecule has 0 saturated heterocycles. The molecule has 3 aromatic rings. The Labute approximate surface area is 283 Å². The van der Waals surface area contributed by atoms with Crippen molar-refractivity contribution in [3.05, 3.63) is 70.9 Å². The number of rotatable bonds is 15. The maximum absolute atomic E-state index is 12.3. The highest BCUT2D eigenvalue weighted by molar-refractivity contribution is 7.25. The number of ketones is 1. The normalized spacial score (nSPS) is 12.2. The number of aromatic amines is 1. The fourth-order valence-corrected chi connectivity index (χ4v) is 4.89. The van der Waals surface area contributed by atoms with E-state index in [4.69, 9.17) is 10.1 Å². The van der Waals surface area contributed by atoms with Crippen molar-refractivity contribution in [3.63, 3.8) is 0 Å². The first-order valence-electron chi connectivity index (χ1n) is 16.3. The Hall–Kier alpha value is -3.01. The largest absolute Gasteiger partial charge is 0.416 e. The molecule has 0 bridgehead atoms. The van der Waals surface area contributed by atoms with Crippen LogP contribution in [0.1, 0.15) is 94.3 Å². The lowest BCUT2D eigenvalue weighted by Crippen LogP contribution is -2.36. The molecule has 0 saturated carbocycles. The zero-order valence-electron chi connectivity index (χ0n) is 28.8. The molecule has 1 unspecified atom stereocenters. The third-order valence-corrected chi connectivity index (χ3v) is 7.80. The van der Waals surface area contributed by atoms with Crippen LogP contribution in [-0.2, 0) is 23.5 Å². The minimum Gasteiger partial charge on any atom is -0.381 e. The number of hydrogen-bond donors (Lipinski definition) is 2. The van der Waals surface area contributed by atoms with Crippen molar-refractivity contribution < 1.29 is 35.9 Å². The molecule has 1 atom stereocenters. The molecule has 3 rings (SSSR count). The molecule has 268 valence electrons. The molecule has 0 aliphatic heterocycles. The topological polar surface area (TPSA) is 69.2 Å². The smallest absolute Gasteiger partial charge is 0.381 e. The van der Waals surface area contributed by atoms with E-state index in [9.17, 15) is 31.1 Å². The number of para-hydroxylation sites is 1. The molecule has 0 spiro atoms. The SMILES string of the molecule is CC(=O)c1cc(C(F)(F)F)cc(C(F)(F)F)c1.CCCN(CC(=N)C(=P)CC)CC(C)Cc1c[nH]c2ccccc12.CCCOCCC. The van der Waals surface area contributed by atoms with Gasteiger partial charge in [0.15, 0.2) is 5.78 Å². The quantitative estimate of drug-likeness (QED) is 0.0545. The van der Waals surface area contributed by atoms with Gasteiger partial charge in [0.05, 0.1) is 16.8 Å². The van der Waals surface area contributed by atoms with E-state index in [0.717, 1.165) is 77.2 Å². The average molecular weight is 702 g/mol. The van der Waals surface area contributed by atoms with Crippen LogP contribution >= 0.6 is 8.86 Å². The number of fused-ring (bicyclic) bond motifs is 1. The van der Waals surface area contributed by atoms with Crippen LogP contribution < -0.4 is 0 Å². The number of alkyl halides is 6. The molecule has 12 heteroatoms. The van der Waals surface area contributed by atoms with Crippen LogP contribution in [0.3, 0.4) is 0 Å². The molecule has 1 aromatic heterocycles. The first-order valence-corrected chi connectivity index (χ1v) is 16.8. The second-order valence-corrected chi connectivity index (χ2v) is 12.3. The number of nitrogens with zero attached hydrogens (tertiary/aromatic N) is 1. The highest BCUT2D eigenvalue weighted by Gasteiger charge is 2.37. The second-order valence-electron chi connectivity index (χ2n) is 11.7. The molecule has 0 amide bonds. The molecular formula is C36H50F6N3O2P. The van der Waals surface area contributed by atoms with E-state index >= 15 is 0 Å². The Balaban J connectivity index is 0.000000417. The zero-order valence-corrected chi connectivity index (χ0v) is 29.8. The number of aromatic nitrogens is 1. The molecule has 48 heavy (non-hydrogen) atoms. The van der Waals surface area contributed by atoms with Gasteiger partial charge in [0.1, 0.15) is 0 Å². The predicted octanol–water partition coefficient (Wildman–Crippen LogP) is 10.6. The molecular weight excluding hydrogens is 651 g/mol. The molecule has 0 fully saturated rings. The van der Waals surface area contributed by atoms with Crippen molar-refractivity contribution >= 4 is 36.6 Å². The van der Waals surface area contributed by atoms with Gasteiger partial charge in [-0.25, -0.2) is 0 Å². The predicted molar refractivity (Wildman–Crippen MR) is 187 cm³/mol. The number of H-pyrrole nitrogens is 1. The summed E-state index contributed by atoms with van der Waals surface area (Å²) in [5.74, 6) is -0.301. The van der Waals surface area contributed by atoms with Gasteiger partial charge in [0, 0.05) is 49.0 Å². The fraction of sp³-hybridized carbons (Fsp3) is 0.528. The van der Waals surface area contributed by atoms with Crippen LogP contribution in [0.4, 0.5) is 26.3 Å². The van der Waals surface area contributed by atoms with Crippen molar-refractivity contribution in [2.24, 2.45) is 5.92 Å². The summed E-state index contributed by atoms with van der Waals surface area (Å²) in [6, 6.07) is 9.28. The summed E-state index contributed by atoms with van der Waals surface area (Å²) in [5.41, 5.74) is -0.275. The summed E-state index contributed by atoms with van der Waals surface area (Å²) in [6.07, 6.45) is -2.35. The Kier molecular flexibility index (Phi) is 19.0. The highest BCUT2D eigenvalue weighted by Crippen LogP contribution is 2.36. The highest BCUT2D eigenvalue weighted by atomic mass is 31.0. The Morgan fingerprint density at radius 3 is 1.98 bits per heavy atom. The van der Waals surface area contributed by atoms with Crippen molar-refractivity contribution in [3.8, 4) is 0 Å². The summed E-state index contributed by atoms with van der Waals surface area (Å²) in [4.78, 5) is 16.7. The maximum atomic E-state index is 12.3. The zero-order chi connectivity index (χ0) is 36.5.